The number of hydrogen-bond donors (Lipinski definition) is 2. The van der Waals surface area contributed by atoms with E-state index >= 15 is 0 Å². The molecule has 1 heterocycles. The van der Waals surface area contributed by atoms with Crippen molar-refractivity contribution in [3.8, 4) is 0 Å². The number of hydrogen-bond acceptors (Lipinski definition) is 4. The van der Waals surface area contributed by atoms with Crippen molar-refractivity contribution in [2.24, 2.45) is 0 Å². The van der Waals surface area contributed by atoms with Gasteiger partial charge in [0.05, 0.1) is 30.4 Å². The number of ether oxygens (including phenoxy) is 1. The highest BCUT2D eigenvalue weighted by Crippen LogP contribution is 2.19. The lowest BCUT2D eigenvalue weighted by Crippen LogP contribution is -1.95. The average molecular weight is 243 g/mol. The van der Waals surface area contributed by atoms with Gasteiger partial charge in [0.1, 0.15) is 0 Å². The molecule has 4 heteroatoms. The predicted octanol–water partition coefficient (Wildman–Crippen LogP) is 3.01. The largest absolute Gasteiger partial charge is 0.387 e. The number of nitrogens with zero attached hydrogens (tertiary/aromatic N) is 1. The van der Waals surface area contributed by atoms with Crippen molar-refractivity contribution in [3.05, 3.63) is 48.3 Å². The third-order valence-electron chi connectivity index (χ3n) is 2.58. The zero-order chi connectivity index (χ0) is 12.8. The van der Waals surface area contributed by atoms with Crippen LogP contribution in [0.5, 0.6) is 0 Å². The van der Waals surface area contributed by atoms with Gasteiger partial charge < -0.3 is 15.4 Å². The second kappa shape index (κ2) is 6.02. The summed E-state index contributed by atoms with van der Waals surface area (Å²) in [4.78, 5) is 4.15. The van der Waals surface area contributed by atoms with E-state index in [-0.39, 0.29) is 0 Å². The van der Waals surface area contributed by atoms with Crippen LogP contribution in [0.15, 0.2) is 42.7 Å². The number of nitrogens with one attached hydrogen (secondary N) is 2. The first-order valence-corrected chi connectivity index (χ1v) is 5.79. The summed E-state index contributed by atoms with van der Waals surface area (Å²) < 4.78 is 5.08. The third-order valence-corrected chi connectivity index (χ3v) is 2.58. The minimum atomic E-state index is 0.636. The van der Waals surface area contributed by atoms with E-state index in [1.54, 1.807) is 19.5 Å². The first-order chi connectivity index (χ1) is 8.81. The highest BCUT2D eigenvalue weighted by Gasteiger charge is 1.97. The summed E-state index contributed by atoms with van der Waals surface area (Å²) in [5.41, 5.74) is 4.13. The Morgan fingerprint density at radius 1 is 1.06 bits per heavy atom. The van der Waals surface area contributed by atoms with Crippen molar-refractivity contribution < 1.29 is 4.74 Å². The van der Waals surface area contributed by atoms with Crippen LogP contribution in [0.4, 0.5) is 17.1 Å². The summed E-state index contributed by atoms with van der Waals surface area (Å²) >= 11 is 0. The summed E-state index contributed by atoms with van der Waals surface area (Å²) in [6.07, 6.45) is 3.58. The predicted molar refractivity (Wildman–Crippen MR) is 74.2 cm³/mol. The van der Waals surface area contributed by atoms with Gasteiger partial charge in [-0.15, -0.1) is 0 Å². The molecule has 0 atom stereocenters. The average Bonchev–Trinajstić information content (AvgIpc) is 2.42. The standard InChI is InChI=1S/C14H17N3O/c1-15-13-7-14(9-16-8-13)17-12-5-3-11(4-6-12)10-18-2/h3-9,15,17H,10H2,1-2H3. The number of aromatic nitrogens is 1. The molecule has 0 radical (unpaired) electrons. The maximum absolute atomic E-state index is 5.08. The van der Waals surface area contributed by atoms with Crippen molar-refractivity contribution in [1.82, 2.24) is 4.98 Å². The first-order valence-electron chi connectivity index (χ1n) is 5.79. The van der Waals surface area contributed by atoms with E-state index in [1.165, 1.54) is 0 Å². The zero-order valence-corrected chi connectivity index (χ0v) is 10.6. The van der Waals surface area contributed by atoms with E-state index in [0.29, 0.717) is 6.61 Å². The molecular formula is C14H17N3O. The minimum absolute atomic E-state index is 0.636. The van der Waals surface area contributed by atoms with E-state index < -0.39 is 0 Å². The van der Waals surface area contributed by atoms with Gasteiger partial charge in [-0.1, -0.05) is 12.1 Å². The fraction of sp³-hybridized carbons (Fsp3) is 0.214. The second-order valence-electron chi connectivity index (χ2n) is 3.97. The van der Waals surface area contributed by atoms with Crippen LogP contribution in [0.2, 0.25) is 0 Å². The third kappa shape index (κ3) is 3.21. The molecule has 0 saturated heterocycles. The van der Waals surface area contributed by atoms with Crippen molar-refractivity contribution in [1.29, 1.82) is 0 Å². The van der Waals surface area contributed by atoms with Gasteiger partial charge in [0, 0.05) is 19.8 Å². The molecule has 0 unspecified atom stereocenters. The number of rotatable bonds is 5. The minimum Gasteiger partial charge on any atom is -0.387 e. The number of pyridine rings is 1. The maximum Gasteiger partial charge on any atom is 0.0713 e. The Morgan fingerprint density at radius 3 is 2.44 bits per heavy atom. The molecule has 2 N–H and O–H groups in total. The molecule has 0 spiro atoms. The van der Waals surface area contributed by atoms with Crippen LogP contribution in [0, 0.1) is 0 Å². The van der Waals surface area contributed by atoms with Gasteiger partial charge in [0.15, 0.2) is 0 Å². The monoisotopic (exact) mass is 243 g/mol. The molecule has 0 bridgehead atoms. The van der Waals surface area contributed by atoms with Gasteiger partial charge in [0.2, 0.25) is 0 Å². The summed E-state index contributed by atoms with van der Waals surface area (Å²) in [6.45, 7) is 0.636. The maximum atomic E-state index is 5.08. The molecule has 2 aromatic rings. The van der Waals surface area contributed by atoms with Gasteiger partial charge in [-0.2, -0.15) is 0 Å². The Hall–Kier alpha value is -2.07. The first kappa shape index (κ1) is 12.4. The number of methoxy groups -OCH3 is 1. The molecule has 4 nitrogen and oxygen atoms in total. The number of anilines is 3. The molecule has 94 valence electrons. The Kier molecular flexibility index (Phi) is 4.15. The lowest BCUT2D eigenvalue weighted by atomic mass is 10.2. The molecule has 0 aliphatic heterocycles. The van der Waals surface area contributed by atoms with E-state index in [0.717, 1.165) is 22.6 Å². The quantitative estimate of drug-likeness (QED) is 0.847. The molecular weight excluding hydrogens is 226 g/mol. The van der Waals surface area contributed by atoms with Crippen LogP contribution in [0.1, 0.15) is 5.56 Å². The van der Waals surface area contributed by atoms with Crippen LogP contribution in [-0.4, -0.2) is 19.1 Å². The van der Waals surface area contributed by atoms with Crippen LogP contribution in [0.25, 0.3) is 0 Å². The van der Waals surface area contributed by atoms with E-state index in [9.17, 15) is 0 Å². The summed E-state index contributed by atoms with van der Waals surface area (Å²) in [7, 11) is 3.57. The molecule has 1 aromatic carbocycles. The molecule has 2 rings (SSSR count). The van der Waals surface area contributed by atoms with Gasteiger partial charge in [-0.25, -0.2) is 0 Å². The SMILES string of the molecule is CNc1cncc(Nc2ccc(COC)cc2)c1. The van der Waals surface area contributed by atoms with Crippen LogP contribution < -0.4 is 10.6 Å². The zero-order valence-electron chi connectivity index (χ0n) is 10.6. The van der Waals surface area contributed by atoms with Gasteiger partial charge >= 0.3 is 0 Å². The Bertz CT molecular complexity index is 497. The Morgan fingerprint density at radius 2 is 1.78 bits per heavy atom. The van der Waals surface area contributed by atoms with Crippen LogP contribution in [0.3, 0.4) is 0 Å². The lowest BCUT2D eigenvalue weighted by Gasteiger charge is -2.08. The molecule has 0 aliphatic carbocycles. The van der Waals surface area contributed by atoms with Crippen molar-refractivity contribution in [3.63, 3.8) is 0 Å². The second-order valence-corrected chi connectivity index (χ2v) is 3.97. The molecule has 0 aliphatic rings. The molecule has 0 fully saturated rings. The van der Waals surface area contributed by atoms with E-state index in [4.69, 9.17) is 4.74 Å². The van der Waals surface area contributed by atoms with Gasteiger partial charge in [0.25, 0.3) is 0 Å². The van der Waals surface area contributed by atoms with E-state index in [2.05, 4.69) is 15.6 Å². The van der Waals surface area contributed by atoms with Gasteiger partial charge in [-0.3, -0.25) is 4.98 Å². The van der Waals surface area contributed by atoms with Gasteiger partial charge in [-0.05, 0) is 23.8 Å². The molecule has 18 heavy (non-hydrogen) atoms. The fourth-order valence-electron chi connectivity index (χ4n) is 1.66. The highest BCUT2D eigenvalue weighted by atomic mass is 16.5. The fourth-order valence-corrected chi connectivity index (χ4v) is 1.66. The van der Waals surface area contributed by atoms with Crippen molar-refractivity contribution >= 4 is 17.1 Å². The summed E-state index contributed by atoms with van der Waals surface area (Å²) in [6, 6.07) is 10.2. The number of benzene rings is 1. The molecule has 0 amide bonds. The smallest absolute Gasteiger partial charge is 0.0713 e. The Labute approximate surface area is 107 Å². The molecule has 1 aromatic heterocycles. The molecule has 0 saturated carbocycles. The van der Waals surface area contributed by atoms with E-state index in [1.807, 2.05) is 37.4 Å². The van der Waals surface area contributed by atoms with Crippen molar-refractivity contribution in [2.75, 3.05) is 24.8 Å². The Balaban J connectivity index is 2.08. The van der Waals surface area contributed by atoms with Crippen LogP contribution in [-0.2, 0) is 11.3 Å². The normalized spacial score (nSPS) is 10.1. The lowest BCUT2D eigenvalue weighted by molar-refractivity contribution is 0.185. The summed E-state index contributed by atoms with van der Waals surface area (Å²) in [5, 5.41) is 6.36. The summed E-state index contributed by atoms with van der Waals surface area (Å²) in [5.74, 6) is 0. The van der Waals surface area contributed by atoms with Crippen LogP contribution >= 0.6 is 0 Å². The topological polar surface area (TPSA) is 46.2 Å². The highest BCUT2D eigenvalue weighted by molar-refractivity contribution is 5.63. The van der Waals surface area contributed by atoms with Crippen molar-refractivity contribution in [2.45, 2.75) is 6.61 Å².